The molecule has 2 heterocycles. The van der Waals surface area contributed by atoms with E-state index in [0.29, 0.717) is 12.2 Å². The summed E-state index contributed by atoms with van der Waals surface area (Å²) in [6.07, 6.45) is 0. The molecular weight excluding hydrogens is 243 g/mol. The number of carbonyl (C=O) groups excluding carboxylic acids is 1. The van der Waals surface area contributed by atoms with Gasteiger partial charge in [-0.1, -0.05) is 12.1 Å². The lowest BCUT2D eigenvalue weighted by atomic mass is 9.78. The van der Waals surface area contributed by atoms with Crippen molar-refractivity contribution in [2.24, 2.45) is 0 Å². The molecule has 2 aliphatic rings. The third kappa shape index (κ3) is 1.88. The lowest BCUT2D eigenvalue weighted by Gasteiger charge is -2.32. The van der Waals surface area contributed by atoms with Crippen LogP contribution in [0.1, 0.15) is 43.6 Å². The highest BCUT2D eigenvalue weighted by molar-refractivity contribution is 6.62. The molecule has 0 aliphatic carbocycles. The Morgan fingerprint density at radius 1 is 1.11 bits per heavy atom. The van der Waals surface area contributed by atoms with E-state index >= 15 is 0 Å². The first kappa shape index (κ1) is 12.7. The maximum absolute atomic E-state index is 11.4. The van der Waals surface area contributed by atoms with Crippen molar-refractivity contribution >= 4 is 18.6 Å². The van der Waals surface area contributed by atoms with Gasteiger partial charge in [0.15, 0.2) is 0 Å². The van der Waals surface area contributed by atoms with Crippen LogP contribution in [0.4, 0.5) is 0 Å². The van der Waals surface area contributed by atoms with Gasteiger partial charge in [-0.05, 0) is 39.2 Å². The quantitative estimate of drug-likeness (QED) is 0.569. The fourth-order valence-electron chi connectivity index (χ4n) is 2.28. The van der Waals surface area contributed by atoms with Gasteiger partial charge in [-0.2, -0.15) is 0 Å². The zero-order valence-electron chi connectivity index (χ0n) is 11.6. The largest absolute Gasteiger partial charge is 0.494 e. The van der Waals surface area contributed by atoms with Crippen LogP contribution < -0.4 is 5.46 Å². The van der Waals surface area contributed by atoms with Crippen molar-refractivity contribution in [2.45, 2.75) is 45.5 Å². The summed E-state index contributed by atoms with van der Waals surface area (Å²) in [6.45, 7) is 8.42. The van der Waals surface area contributed by atoms with Crippen LogP contribution in [0.5, 0.6) is 0 Å². The molecule has 100 valence electrons. The zero-order valence-corrected chi connectivity index (χ0v) is 11.6. The second-order valence-corrected chi connectivity index (χ2v) is 6.08. The number of carbonyl (C=O) groups is 1. The molecule has 0 bridgehead atoms. The molecule has 1 saturated heterocycles. The van der Waals surface area contributed by atoms with E-state index in [1.807, 2.05) is 39.8 Å². The van der Waals surface area contributed by atoms with E-state index in [1.54, 1.807) is 6.07 Å². The fourth-order valence-corrected chi connectivity index (χ4v) is 2.28. The van der Waals surface area contributed by atoms with Crippen molar-refractivity contribution in [2.75, 3.05) is 0 Å². The molecule has 3 rings (SSSR count). The zero-order chi connectivity index (χ0) is 13.8. The van der Waals surface area contributed by atoms with Gasteiger partial charge in [0, 0.05) is 5.56 Å². The van der Waals surface area contributed by atoms with E-state index in [-0.39, 0.29) is 17.2 Å². The van der Waals surface area contributed by atoms with Gasteiger partial charge in [-0.25, -0.2) is 4.79 Å². The third-order valence-corrected chi connectivity index (χ3v) is 4.23. The minimum atomic E-state index is -0.397. The molecule has 0 atom stereocenters. The van der Waals surface area contributed by atoms with Crippen LogP contribution in [0.25, 0.3) is 0 Å². The molecule has 1 aromatic rings. The van der Waals surface area contributed by atoms with Gasteiger partial charge < -0.3 is 14.0 Å². The van der Waals surface area contributed by atoms with Crippen molar-refractivity contribution < 1.29 is 18.8 Å². The molecule has 0 aromatic heterocycles. The smallest absolute Gasteiger partial charge is 0.457 e. The van der Waals surface area contributed by atoms with Gasteiger partial charge in [0.05, 0.1) is 16.8 Å². The number of hydrogen-bond acceptors (Lipinski definition) is 4. The van der Waals surface area contributed by atoms with Crippen LogP contribution in [-0.2, 0) is 20.7 Å². The molecule has 0 saturated carbocycles. The molecule has 19 heavy (non-hydrogen) atoms. The monoisotopic (exact) mass is 260 g/mol. The Morgan fingerprint density at radius 2 is 1.74 bits per heavy atom. The molecule has 5 heteroatoms. The molecule has 0 unspecified atom stereocenters. The van der Waals surface area contributed by atoms with Crippen LogP contribution in [-0.4, -0.2) is 24.3 Å². The predicted molar refractivity (Wildman–Crippen MR) is 71.3 cm³/mol. The highest BCUT2D eigenvalue weighted by Gasteiger charge is 2.51. The van der Waals surface area contributed by atoms with Crippen LogP contribution in [0, 0.1) is 0 Å². The number of ether oxygens (including phenoxy) is 1. The lowest BCUT2D eigenvalue weighted by Crippen LogP contribution is -2.41. The molecule has 2 aliphatic heterocycles. The molecule has 1 aromatic carbocycles. The SMILES string of the molecule is CC1(C)OB(c2ccc3c(c2)COC3=O)OC1(C)C. The Labute approximate surface area is 113 Å². The fraction of sp³-hybridized carbons (Fsp3) is 0.500. The average molecular weight is 260 g/mol. The number of cyclic esters (lactones) is 1. The average Bonchev–Trinajstić information content (AvgIpc) is 2.78. The molecule has 4 nitrogen and oxygen atoms in total. The lowest BCUT2D eigenvalue weighted by molar-refractivity contribution is 0.00578. The maximum atomic E-state index is 11.4. The van der Waals surface area contributed by atoms with Crippen molar-refractivity contribution in [1.82, 2.24) is 0 Å². The van der Waals surface area contributed by atoms with Crippen LogP contribution in [0.15, 0.2) is 18.2 Å². The van der Waals surface area contributed by atoms with Gasteiger partial charge in [-0.15, -0.1) is 0 Å². The first-order valence-electron chi connectivity index (χ1n) is 6.46. The minimum Gasteiger partial charge on any atom is -0.457 e. The van der Waals surface area contributed by atoms with Gasteiger partial charge in [0.1, 0.15) is 6.61 Å². The van der Waals surface area contributed by atoms with Crippen molar-refractivity contribution in [3.63, 3.8) is 0 Å². The topological polar surface area (TPSA) is 44.8 Å². The van der Waals surface area contributed by atoms with Crippen LogP contribution in [0.3, 0.4) is 0 Å². The Bertz CT molecular complexity index is 534. The number of hydrogen-bond donors (Lipinski definition) is 0. The first-order chi connectivity index (χ1) is 8.80. The summed E-state index contributed by atoms with van der Waals surface area (Å²) in [5, 5.41) is 0. The number of rotatable bonds is 1. The molecule has 0 spiro atoms. The van der Waals surface area contributed by atoms with Gasteiger partial charge >= 0.3 is 13.1 Å². The summed E-state index contributed by atoms with van der Waals surface area (Å²) < 4.78 is 17.0. The maximum Gasteiger partial charge on any atom is 0.494 e. The van der Waals surface area contributed by atoms with Crippen molar-refractivity contribution in [3.8, 4) is 0 Å². The molecule has 0 N–H and O–H groups in total. The van der Waals surface area contributed by atoms with Crippen LogP contribution in [0.2, 0.25) is 0 Å². The molecule has 0 amide bonds. The van der Waals surface area contributed by atoms with Crippen LogP contribution >= 0.6 is 0 Å². The highest BCUT2D eigenvalue weighted by atomic mass is 16.7. The summed E-state index contributed by atoms with van der Waals surface area (Å²) in [4.78, 5) is 11.4. The Kier molecular flexibility index (Phi) is 2.56. The second kappa shape index (κ2) is 3.84. The summed E-state index contributed by atoms with van der Waals surface area (Å²) in [7, 11) is -0.397. The molecular formula is C14H17BO4. The number of fused-ring (bicyclic) bond motifs is 1. The van der Waals surface area contributed by atoms with E-state index < -0.39 is 7.12 Å². The molecule has 0 radical (unpaired) electrons. The van der Waals surface area contributed by atoms with E-state index in [2.05, 4.69) is 0 Å². The van der Waals surface area contributed by atoms with E-state index in [9.17, 15) is 4.79 Å². The van der Waals surface area contributed by atoms with Gasteiger partial charge in [0.25, 0.3) is 0 Å². The Hall–Kier alpha value is -1.33. The number of benzene rings is 1. The summed E-state index contributed by atoms with van der Waals surface area (Å²) >= 11 is 0. The van der Waals surface area contributed by atoms with E-state index in [1.165, 1.54) is 0 Å². The highest BCUT2D eigenvalue weighted by Crippen LogP contribution is 2.36. The second-order valence-electron chi connectivity index (χ2n) is 6.08. The predicted octanol–water partition coefficient (Wildman–Crippen LogP) is 1.66. The molecule has 1 fully saturated rings. The summed E-state index contributed by atoms with van der Waals surface area (Å²) in [5.41, 5.74) is 1.75. The van der Waals surface area contributed by atoms with Gasteiger partial charge in [0.2, 0.25) is 0 Å². The number of esters is 1. The van der Waals surface area contributed by atoms with E-state index in [4.69, 9.17) is 14.0 Å². The standard InChI is InChI=1S/C14H17BO4/c1-13(2)14(3,4)19-15(18-13)10-5-6-11-9(7-10)8-17-12(11)16/h5-7H,8H2,1-4H3. The summed E-state index contributed by atoms with van der Waals surface area (Å²) in [6, 6.07) is 5.58. The van der Waals surface area contributed by atoms with Gasteiger partial charge in [-0.3, -0.25) is 0 Å². The Balaban J connectivity index is 1.91. The first-order valence-corrected chi connectivity index (χ1v) is 6.46. The summed E-state index contributed by atoms with van der Waals surface area (Å²) in [5.74, 6) is -0.254. The third-order valence-electron chi connectivity index (χ3n) is 4.23. The van der Waals surface area contributed by atoms with Crippen molar-refractivity contribution in [1.29, 1.82) is 0 Å². The minimum absolute atomic E-state index is 0.254. The normalized spacial score (nSPS) is 23.4. The van der Waals surface area contributed by atoms with E-state index in [0.717, 1.165) is 11.0 Å². The Morgan fingerprint density at radius 3 is 2.37 bits per heavy atom. The van der Waals surface area contributed by atoms with Crippen molar-refractivity contribution in [3.05, 3.63) is 29.3 Å².